The van der Waals surface area contributed by atoms with E-state index in [1.807, 2.05) is 0 Å². The minimum atomic E-state index is -0.149. The van der Waals surface area contributed by atoms with E-state index in [0.717, 1.165) is 25.9 Å². The number of nitrogens with zero attached hydrogens (tertiary/aromatic N) is 1. The standard InChI is InChI=1S/C13H18N2O/c1-10-3-2-4-12(9-10)15-7-5-11(6-8-15)13(14)16/h2-4,9,11H,5-8H2,1H3,(H2,14,16). The van der Waals surface area contributed by atoms with E-state index < -0.39 is 0 Å². The molecule has 2 N–H and O–H groups in total. The maximum Gasteiger partial charge on any atom is 0.220 e. The molecular weight excluding hydrogens is 200 g/mol. The Morgan fingerprint density at radius 3 is 2.62 bits per heavy atom. The molecule has 0 aromatic heterocycles. The summed E-state index contributed by atoms with van der Waals surface area (Å²) in [6.45, 7) is 3.95. The molecular formula is C13H18N2O. The molecule has 1 aliphatic heterocycles. The molecule has 3 nitrogen and oxygen atoms in total. The van der Waals surface area contributed by atoms with Crippen molar-refractivity contribution in [1.82, 2.24) is 0 Å². The van der Waals surface area contributed by atoms with Crippen molar-refractivity contribution in [2.45, 2.75) is 19.8 Å². The van der Waals surface area contributed by atoms with Crippen LogP contribution in [0.15, 0.2) is 24.3 Å². The molecule has 1 aliphatic rings. The fourth-order valence-corrected chi connectivity index (χ4v) is 2.25. The van der Waals surface area contributed by atoms with Gasteiger partial charge in [-0.1, -0.05) is 12.1 Å². The molecule has 16 heavy (non-hydrogen) atoms. The molecule has 1 fully saturated rings. The Kier molecular flexibility index (Phi) is 3.13. The molecule has 2 rings (SSSR count). The van der Waals surface area contributed by atoms with Crippen molar-refractivity contribution in [1.29, 1.82) is 0 Å². The van der Waals surface area contributed by atoms with E-state index in [1.54, 1.807) is 0 Å². The highest BCUT2D eigenvalue weighted by molar-refractivity contribution is 5.77. The van der Waals surface area contributed by atoms with Crippen LogP contribution in [0.2, 0.25) is 0 Å². The van der Waals surface area contributed by atoms with Gasteiger partial charge in [-0.25, -0.2) is 0 Å². The van der Waals surface area contributed by atoms with Crippen LogP contribution in [0.3, 0.4) is 0 Å². The Morgan fingerprint density at radius 2 is 2.06 bits per heavy atom. The summed E-state index contributed by atoms with van der Waals surface area (Å²) in [5.41, 5.74) is 7.84. The number of piperidine rings is 1. The second-order valence-corrected chi connectivity index (χ2v) is 4.50. The van der Waals surface area contributed by atoms with E-state index in [-0.39, 0.29) is 11.8 Å². The first-order valence-electron chi connectivity index (χ1n) is 5.78. The van der Waals surface area contributed by atoms with Gasteiger partial charge in [-0.2, -0.15) is 0 Å². The SMILES string of the molecule is Cc1cccc(N2CCC(C(N)=O)CC2)c1. The number of hydrogen-bond donors (Lipinski definition) is 1. The average Bonchev–Trinajstić information content (AvgIpc) is 2.29. The highest BCUT2D eigenvalue weighted by atomic mass is 16.1. The van der Waals surface area contributed by atoms with Crippen molar-refractivity contribution in [3.8, 4) is 0 Å². The van der Waals surface area contributed by atoms with Crippen LogP contribution in [0.1, 0.15) is 18.4 Å². The number of primary amides is 1. The Hall–Kier alpha value is -1.51. The average molecular weight is 218 g/mol. The first-order chi connectivity index (χ1) is 7.66. The lowest BCUT2D eigenvalue weighted by Crippen LogP contribution is -2.38. The highest BCUT2D eigenvalue weighted by Gasteiger charge is 2.22. The Bertz CT molecular complexity index is 381. The van der Waals surface area contributed by atoms with Crippen molar-refractivity contribution in [3.05, 3.63) is 29.8 Å². The predicted molar refractivity (Wildman–Crippen MR) is 65.3 cm³/mol. The van der Waals surface area contributed by atoms with Gasteiger partial charge in [0, 0.05) is 24.7 Å². The number of benzene rings is 1. The van der Waals surface area contributed by atoms with Crippen molar-refractivity contribution in [3.63, 3.8) is 0 Å². The van der Waals surface area contributed by atoms with E-state index >= 15 is 0 Å². The summed E-state index contributed by atoms with van der Waals surface area (Å²) >= 11 is 0. The lowest BCUT2D eigenvalue weighted by atomic mass is 9.96. The van der Waals surface area contributed by atoms with E-state index in [2.05, 4.69) is 36.1 Å². The van der Waals surface area contributed by atoms with Gasteiger partial charge in [0.05, 0.1) is 0 Å². The Balaban J connectivity index is 2.01. The second kappa shape index (κ2) is 4.56. The topological polar surface area (TPSA) is 46.3 Å². The molecule has 0 saturated carbocycles. The summed E-state index contributed by atoms with van der Waals surface area (Å²) < 4.78 is 0. The number of amides is 1. The molecule has 0 unspecified atom stereocenters. The zero-order valence-electron chi connectivity index (χ0n) is 9.65. The van der Waals surface area contributed by atoms with Crippen molar-refractivity contribution in [2.24, 2.45) is 11.7 Å². The molecule has 0 aliphatic carbocycles. The molecule has 1 amide bonds. The van der Waals surface area contributed by atoms with Gasteiger partial charge in [0.15, 0.2) is 0 Å². The molecule has 0 atom stereocenters. The number of carbonyl (C=O) groups excluding carboxylic acids is 1. The zero-order valence-corrected chi connectivity index (χ0v) is 9.65. The third-order valence-electron chi connectivity index (χ3n) is 3.26. The maximum absolute atomic E-state index is 11.1. The van der Waals surface area contributed by atoms with E-state index in [0.29, 0.717) is 0 Å². The molecule has 1 aromatic carbocycles. The van der Waals surface area contributed by atoms with E-state index in [1.165, 1.54) is 11.3 Å². The Labute approximate surface area is 96.2 Å². The maximum atomic E-state index is 11.1. The lowest BCUT2D eigenvalue weighted by Gasteiger charge is -2.32. The van der Waals surface area contributed by atoms with Crippen molar-refractivity contribution in [2.75, 3.05) is 18.0 Å². The summed E-state index contributed by atoms with van der Waals surface area (Å²) in [6.07, 6.45) is 1.76. The van der Waals surface area contributed by atoms with Gasteiger partial charge in [0.2, 0.25) is 5.91 Å². The van der Waals surface area contributed by atoms with Gasteiger partial charge >= 0.3 is 0 Å². The molecule has 0 spiro atoms. The number of rotatable bonds is 2. The summed E-state index contributed by atoms with van der Waals surface area (Å²) in [5.74, 6) is -0.0787. The summed E-state index contributed by atoms with van der Waals surface area (Å²) in [5, 5.41) is 0. The predicted octanol–water partition coefficient (Wildman–Crippen LogP) is 1.70. The first kappa shape index (κ1) is 11.0. The smallest absolute Gasteiger partial charge is 0.220 e. The van der Waals surface area contributed by atoms with Crippen LogP contribution in [0, 0.1) is 12.8 Å². The third-order valence-corrected chi connectivity index (χ3v) is 3.26. The van der Waals surface area contributed by atoms with Crippen LogP contribution in [-0.2, 0) is 4.79 Å². The molecule has 1 saturated heterocycles. The van der Waals surface area contributed by atoms with Gasteiger partial charge in [0.25, 0.3) is 0 Å². The van der Waals surface area contributed by atoms with Crippen LogP contribution >= 0.6 is 0 Å². The molecule has 1 aromatic rings. The van der Waals surface area contributed by atoms with E-state index in [9.17, 15) is 4.79 Å². The number of carbonyl (C=O) groups is 1. The number of nitrogens with two attached hydrogens (primary N) is 1. The summed E-state index contributed by atoms with van der Waals surface area (Å²) in [7, 11) is 0. The largest absolute Gasteiger partial charge is 0.371 e. The van der Waals surface area contributed by atoms with Gasteiger partial charge < -0.3 is 10.6 Å². The quantitative estimate of drug-likeness (QED) is 0.821. The Morgan fingerprint density at radius 1 is 1.38 bits per heavy atom. The van der Waals surface area contributed by atoms with Gasteiger partial charge in [-0.15, -0.1) is 0 Å². The van der Waals surface area contributed by atoms with Gasteiger partial charge in [-0.3, -0.25) is 4.79 Å². The minimum Gasteiger partial charge on any atom is -0.371 e. The molecule has 0 radical (unpaired) electrons. The van der Waals surface area contributed by atoms with Crippen LogP contribution in [-0.4, -0.2) is 19.0 Å². The fraction of sp³-hybridized carbons (Fsp3) is 0.462. The van der Waals surface area contributed by atoms with Crippen LogP contribution in [0.25, 0.3) is 0 Å². The number of anilines is 1. The molecule has 3 heteroatoms. The monoisotopic (exact) mass is 218 g/mol. The summed E-state index contributed by atoms with van der Waals surface area (Å²) in [4.78, 5) is 13.4. The van der Waals surface area contributed by atoms with Crippen molar-refractivity contribution < 1.29 is 4.79 Å². The lowest BCUT2D eigenvalue weighted by molar-refractivity contribution is -0.122. The molecule has 1 heterocycles. The van der Waals surface area contributed by atoms with E-state index in [4.69, 9.17) is 5.73 Å². The van der Waals surface area contributed by atoms with Gasteiger partial charge in [-0.05, 0) is 37.5 Å². The van der Waals surface area contributed by atoms with Crippen molar-refractivity contribution >= 4 is 11.6 Å². The normalized spacial score (nSPS) is 17.4. The van der Waals surface area contributed by atoms with Crippen LogP contribution < -0.4 is 10.6 Å². The minimum absolute atomic E-state index is 0.0704. The fourth-order valence-electron chi connectivity index (χ4n) is 2.25. The first-order valence-corrected chi connectivity index (χ1v) is 5.78. The third kappa shape index (κ3) is 2.35. The number of aryl methyl sites for hydroxylation is 1. The molecule has 86 valence electrons. The van der Waals surface area contributed by atoms with Crippen LogP contribution in [0.4, 0.5) is 5.69 Å². The summed E-state index contributed by atoms with van der Waals surface area (Å²) in [6, 6.07) is 8.48. The zero-order chi connectivity index (χ0) is 11.5. The van der Waals surface area contributed by atoms with Gasteiger partial charge in [0.1, 0.15) is 0 Å². The molecule has 0 bridgehead atoms. The van der Waals surface area contributed by atoms with Crippen LogP contribution in [0.5, 0.6) is 0 Å². The second-order valence-electron chi connectivity index (χ2n) is 4.50. The number of hydrogen-bond acceptors (Lipinski definition) is 2. The highest BCUT2D eigenvalue weighted by Crippen LogP contribution is 2.23.